The van der Waals surface area contributed by atoms with Gasteiger partial charge >= 0.3 is 5.97 Å². The van der Waals surface area contributed by atoms with E-state index in [2.05, 4.69) is 23.3 Å². The van der Waals surface area contributed by atoms with Crippen LogP contribution in [0.2, 0.25) is 0 Å². The first-order valence-electron chi connectivity index (χ1n) is 11.0. The van der Waals surface area contributed by atoms with Crippen LogP contribution in [-0.2, 0) is 27.3 Å². The zero-order chi connectivity index (χ0) is 23.7. The summed E-state index contributed by atoms with van der Waals surface area (Å²) in [5.74, 6) is -0.228. The van der Waals surface area contributed by atoms with E-state index >= 15 is 0 Å². The predicted molar refractivity (Wildman–Crippen MR) is 132 cm³/mol. The maximum atomic E-state index is 13.6. The molecule has 1 aromatic carbocycles. The Kier molecular flexibility index (Phi) is 10.9. The van der Waals surface area contributed by atoms with Crippen LogP contribution >= 0.6 is 24.4 Å². The minimum absolute atomic E-state index is 0.0386. The van der Waals surface area contributed by atoms with Crippen molar-refractivity contribution in [3.05, 3.63) is 35.4 Å². The first kappa shape index (κ1) is 26.5. The van der Waals surface area contributed by atoms with Gasteiger partial charge in [0.2, 0.25) is 11.8 Å². The van der Waals surface area contributed by atoms with E-state index in [0.717, 1.165) is 23.3 Å². The first-order valence-corrected chi connectivity index (χ1v) is 13.1. The standard InChI is InChI=1S/C23H35N3O4S2/c1-15(2)20(24-10-6-11-31)22(28)26-14-17-8-5-4-7-16(17)13-19(26)21(27)25-18(23(29)30)9-12-32-3/h4-5,7-8,15,18-20,24,31H,6,9-14H2,1-3H3,(H,25,27)(H,29,30)/t18?,19?,20-/m0/s1. The van der Waals surface area contributed by atoms with Crippen LogP contribution in [0.3, 0.4) is 0 Å². The Labute approximate surface area is 200 Å². The fourth-order valence-corrected chi connectivity index (χ4v) is 4.50. The highest BCUT2D eigenvalue weighted by atomic mass is 32.2. The number of thiol groups is 1. The van der Waals surface area contributed by atoms with Gasteiger partial charge in [0.1, 0.15) is 12.1 Å². The molecule has 0 saturated carbocycles. The number of hydrogen-bond acceptors (Lipinski definition) is 6. The van der Waals surface area contributed by atoms with Gasteiger partial charge in [-0.05, 0) is 54.2 Å². The summed E-state index contributed by atoms with van der Waals surface area (Å²) >= 11 is 5.77. The van der Waals surface area contributed by atoms with Crippen molar-refractivity contribution < 1.29 is 19.5 Å². The van der Waals surface area contributed by atoms with Gasteiger partial charge in [-0.2, -0.15) is 24.4 Å². The maximum absolute atomic E-state index is 13.6. The first-order chi connectivity index (χ1) is 15.3. The lowest BCUT2D eigenvalue weighted by Crippen LogP contribution is -2.59. The van der Waals surface area contributed by atoms with Gasteiger partial charge in [-0.25, -0.2) is 4.79 Å². The van der Waals surface area contributed by atoms with Gasteiger partial charge in [0, 0.05) is 13.0 Å². The molecule has 0 saturated heterocycles. The number of nitrogens with one attached hydrogen (secondary N) is 2. The SMILES string of the molecule is CSCCC(NC(=O)C1Cc2ccccc2CN1C(=O)[C@@H](NCCCS)C(C)C)C(=O)O. The molecular formula is C23H35N3O4S2. The van der Waals surface area contributed by atoms with E-state index in [0.29, 0.717) is 31.7 Å². The third-order valence-corrected chi connectivity index (χ3v) is 6.65. The third-order valence-electron chi connectivity index (χ3n) is 5.69. The molecule has 1 aliphatic rings. The Balaban J connectivity index is 2.28. The van der Waals surface area contributed by atoms with E-state index in [-0.39, 0.29) is 11.8 Å². The van der Waals surface area contributed by atoms with Crippen LogP contribution in [0.25, 0.3) is 0 Å². The minimum atomic E-state index is -1.06. The number of carboxylic acid groups (broad SMARTS) is 1. The number of aliphatic carboxylic acids is 1. The van der Waals surface area contributed by atoms with E-state index in [9.17, 15) is 19.5 Å². The Bertz CT molecular complexity index is 790. The molecule has 2 unspecified atom stereocenters. The molecule has 0 aliphatic carbocycles. The molecule has 1 heterocycles. The van der Waals surface area contributed by atoms with E-state index < -0.39 is 30.0 Å². The van der Waals surface area contributed by atoms with Crippen LogP contribution in [0, 0.1) is 5.92 Å². The average molecular weight is 482 g/mol. The monoisotopic (exact) mass is 481 g/mol. The molecule has 7 nitrogen and oxygen atoms in total. The highest BCUT2D eigenvalue weighted by Crippen LogP contribution is 2.25. The smallest absolute Gasteiger partial charge is 0.326 e. The van der Waals surface area contributed by atoms with Crippen LogP contribution in [0.5, 0.6) is 0 Å². The molecule has 0 fully saturated rings. The number of carbonyl (C=O) groups excluding carboxylic acids is 2. The van der Waals surface area contributed by atoms with Gasteiger partial charge < -0.3 is 20.6 Å². The number of carbonyl (C=O) groups is 3. The maximum Gasteiger partial charge on any atom is 0.326 e. The summed E-state index contributed by atoms with van der Waals surface area (Å²) in [5.41, 5.74) is 2.02. The summed E-state index contributed by atoms with van der Waals surface area (Å²) in [6.07, 6.45) is 3.43. The molecule has 3 N–H and O–H groups in total. The van der Waals surface area contributed by atoms with Crippen LogP contribution in [-0.4, -0.2) is 70.2 Å². The van der Waals surface area contributed by atoms with Crippen molar-refractivity contribution in [3.8, 4) is 0 Å². The molecule has 0 spiro atoms. The number of fused-ring (bicyclic) bond motifs is 1. The van der Waals surface area contributed by atoms with Crippen molar-refractivity contribution in [1.29, 1.82) is 0 Å². The number of rotatable bonds is 12. The van der Waals surface area contributed by atoms with Gasteiger partial charge in [0.15, 0.2) is 0 Å². The Morgan fingerprint density at radius 3 is 2.53 bits per heavy atom. The van der Waals surface area contributed by atoms with Crippen molar-refractivity contribution in [2.24, 2.45) is 5.92 Å². The lowest BCUT2D eigenvalue weighted by molar-refractivity contribution is -0.146. The lowest BCUT2D eigenvalue weighted by atomic mass is 9.91. The summed E-state index contributed by atoms with van der Waals surface area (Å²) in [7, 11) is 0. The number of benzene rings is 1. The van der Waals surface area contributed by atoms with Crippen molar-refractivity contribution in [2.75, 3.05) is 24.3 Å². The second kappa shape index (κ2) is 13.1. The van der Waals surface area contributed by atoms with E-state index in [1.165, 1.54) is 11.8 Å². The molecule has 1 aliphatic heterocycles. The quantitative estimate of drug-likeness (QED) is 0.270. The average Bonchev–Trinajstić information content (AvgIpc) is 2.77. The third kappa shape index (κ3) is 7.15. The second-order valence-electron chi connectivity index (χ2n) is 8.39. The van der Waals surface area contributed by atoms with Crippen molar-refractivity contribution in [2.45, 2.75) is 57.8 Å². The summed E-state index contributed by atoms with van der Waals surface area (Å²) in [6, 6.07) is 5.63. The van der Waals surface area contributed by atoms with E-state index in [1.807, 2.05) is 44.4 Å². The molecule has 32 heavy (non-hydrogen) atoms. The van der Waals surface area contributed by atoms with Crippen LogP contribution in [0.1, 0.15) is 37.8 Å². The summed E-state index contributed by atoms with van der Waals surface area (Å²) in [4.78, 5) is 40.1. The molecule has 2 amide bonds. The molecule has 9 heteroatoms. The van der Waals surface area contributed by atoms with Crippen LogP contribution < -0.4 is 10.6 Å². The summed E-state index contributed by atoms with van der Waals surface area (Å²) in [5, 5.41) is 15.5. The molecule has 3 atom stereocenters. The largest absolute Gasteiger partial charge is 0.480 e. The van der Waals surface area contributed by atoms with E-state index in [1.54, 1.807) is 4.90 Å². The van der Waals surface area contributed by atoms with Gasteiger partial charge in [0.25, 0.3) is 0 Å². The molecule has 178 valence electrons. The fourth-order valence-electron chi connectivity index (χ4n) is 3.87. The highest BCUT2D eigenvalue weighted by Gasteiger charge is 2.39. The minimum Gasteiger partial charge on any atom is -0.480 e. The number of nitrogens with zero attached hydrogens (tertiary/aromatic N) is 1. The van der Waals surface area contributed by atoms with Crippen molar-refractivity contribution in [3.63, 3.8) is 0 Å². The molecule has 0 radical (unpaired) electrons. The Morgan fingerprint density at radius 2 is 1.94 bits per heavy atom. The number of thioether (sulfide) groups is 1. The number of amides is 2. The summed E-state index contributed by atoms with van der Waals surface area (Å²) < 4.78 is 0. The highest BCUT2D eigenvalue weighted by molar-refractivity contribution is 7.98. The molecule has 0 aromatic heterocycles. The normalized spacial score (nSPS) is 17.5. The number of hydrogen-bond donors (Lipinski definition) is 4. The fraction of sp³-hybridized carbons (Fsp3) is 0.609. The number of carboxylic acids is 1. The zero-order valence-corrected chi connectivity index (χ0v) is 20.8. The van der Waals surface area contributed by atoms with Crippen molar-refractivity contribution >= 4 is 42.2 Å². The van der Waals surface area contributed by atoms with Crippen LogP contribution in [0.4, 0.5) is 0 Å². The predicted octanol–water partition coefficient (Wildman–Crippen LogP) is 2.20. The van der Waals surface area contributed by atoms with Gasteiger partial charge in [-0.1, -0.05) is 38.1 Å². The van der Waals surface area contributed by atoms with Gasteiger partial charge in [-0.15, -0.1) is 0 Å². The Morgan fingerprint density at radius 1 is 1.25 bits per heavy atom. The van der Waals surface area contributed by atoms with Crippen molar-refractivity contribution in [1.82, 2.24) is 15.5 Å². The van der Waals surface area contributed by atoms with Gasteiger partial charge in [-0.3, -0.25) is 9.59 Å². The molecule has 2 rings (SSSR count). The summed E-state index contributed by atoms with van der Waals surface area (Å²) in [6.45, 7) is 4.94. The molecular weight excluding hydrogens is 446 g/mol. The lowest BCUT2D eigenvalue weighted by Gasteiger charge is -2.39. The molecule has 1 aromatic rings. The van der Waals surface area contributed by atoms with Crippen LogP contribution in [0.15, 0.2) is 24.3 Å². The second-order valence-corrected chi connectivity index (χ2v) is 9.82. The molecule has 0 bridgehead atoms. The zero-order valence-electron chi connectivity index (χ0n) is 19.0. The Hall–Kier alpha value is -1.71. The van der Waals surface area contributed by atoms with Gasteiger partial charge in [0.05, 0.1) is 6.04 Å². The topological polar surface area (TPSA) is 98.7 Å². The van der Waals surface area contributed by atoms with E-state index in [4.69, 9.17) is 0 Å².